The van der Waals surface area contributed by atoms with E-state index in [1.54, 1.807) is 6.07 Å². The molecule has 0 aliphatic carbocycles. The number of benzene rings is 2. The van der Waals surface area contributed by atoms with Crippen LogP contribution in [0.5, 0.6) is 17.2 Å². The summed E-state index contributed by atoms with van der Waals surface area (Å²) in [5.74, 6) is 0.929. The highest BCUT2D eigenvalue weighted by Gasteiger charge is 2.23. The van der Waals surface area contributed by atoms with Crippen LogP contribution in [0.25, 0.3) is 0 Å². The summed E-state index contributed by atoms with van der Waals surface area (Å²) >= 11 is 6.91. The molecular weight excluding hydrogens is 454 g/mol. The molecule has 0 saturated heterocycles. The highest BCUT2D eigenvalue weighted by molar-refractivity contribution is 9.11. The van der Waals surface area contributed by atoms with E-state index in [2.05, 4.69) is 44.1 Å². The van der Waals surface area contributed by atoms with Gasteiger partial charge < -0.3 is 19.5 Å². The van der Waals surface area contributed by atoms with Crippen LogP contribution in [0.1, 0.15) is 22.8 Å². The molecule has 2 aromatic carbocycles. The molecule has 0 atom stereocenters. The second-order valence-electron chi connectivity index (χ2n) is 5.13. The minimum atomic E-state index is -0.295. The van der Waals surface area contributed by atoms with Gasteiger partial charge in [0, 0.05) is 4.47 Å². The smallest absolute Gasteiger partial charge is 0.257 e. The predicted octanol–water partition coefficient (Wildman–Crippen LogP) is 5.05. The number of halogens is 2. The Kier molecular flexibility index (Phi) is 6.72. The summed E-state index contributed by atoms with van der Waals surface area (Å²) in [6.07, 6.45) is 0.922. The van der Waals surface area contributed by atoms with Crippen molar-refractivity contribution >= 4 is 43.5 Å². The molecule has 0 spiro atoms. The Morgan fingerprint density at radius 2 is 1.72 bits per heavy atom. The summed E-state index contributed by atoms with van der Waals surface area (Å²) in [6, 6.07) is 7.44. The largest absolute Gasteiger partial charge is 0.493 e. The number of hydrogen-bond acceptors (Lipinski definition) is 4. The molecule has 1 N–H and O–H groups in total. The zero-order valence-electron chi connectivity index (χ0n) is 14.4. The van der Waals surface area contributed by atoms with Gasteiger partial charge in [0.1, 0.15) is 0 Å². The number of nitrogens with one attached hydrogen (secondary N) is 1. The normalized spacial score (nSPS) is 10.3. The van der Waals surface area contributed by atoms with E-state index in [0.29, 0.717) is 33.0 Å². The van der Waals surface area contributed by atoms with Gasteiger partial charge in [-0.05, 0) is 62.0 Å². The second-order valence-corrected chi connectivity index (χ2v) is 6.78. The average Bonchev–Trinajstić information content (AvgIpc) is 2.62. The lowest BCUT2D eigenvalue weighted by atomic mass is 10.1. The fourth-order valence-corrected chi connectivity index (χ4v) is 3.52. The summed E-state index contributed by atoms with van der Waals surface area (Å²) in [5.41, 5.74) is 2.24. The Morgan fingerprint density at radius 1 is 1.04 bits per heavy atom. The van der Waals surface area contributed by atoms with Gasteiger partial charge in [-0.15, -0.1) is 0 Å². The zero-order chi connectivity index (χ0) is 18.6. The zero-order valence-corrected chi connectivity index (χ0v) is 17.6. The van der Waals surface area contributed by atoms with Crippen LogP contribution < -0.4 is 19.5 Å². The Balaban J connectivity index is 2.42. The molecule has 2 rings (SSSR count). The van der Waals surface area contributed by atoms with Gasteiger partial charge in [0.15, 0.2) is 11.5 Å². The lowest BCUT2D eigenvalue weighted by molar-refractivity contribution is 0.102. The van der Waals surface area contributed by atoms with Crippen molar-refractivity contribution in [1.29, 1.82) is 0 Å². The van der Waals surface area contributed by atoms with E-state index in [9.17, 15) is 4.79 Å². The van der Waals surface area contributed by atoms with Crippen LogP contribution in [0.2, 0.25) is 0 Å². The van der Waals surface area contributed by atoms with E-state index in [0.717, 1.165) is 10.9 Å². The fraction of sp³-hybridized carbons (Fsp3) is 0.278. The first-order valence-electron chi connectivity index (χ1n) is 7.55. The van der Waals surface area contributed by atoms with Crippen LogP contribution >= 0.6 is 31.9 Å². The van der Waals surface area contributed by atoms with Crippen LogP contribution in [0.15, 0.2) is 33.2 Å². The van der Waals surface area contributed by atoms with Crippen LogP contribution in [-0.2, 0) is 6.42 Å². The monoisotopic (exact) mass is 471 g/mol. The molecule has 5 nitrogen and oxygen atoms in total. The number of carbonyl (C=O) groups is 1. The number of ether oxygens (including phenoxy) is 3. The van der Waals surface area contributed by atoms with Gasteiger partial charge in [-0.3, -0.25) is 4.79 Å². The average molecular weight is 473 g/mol. The number of hydrogen-bond donors (Lipinski definition) is 1. The first-order valence-corrected chi connectivity index (χ1v) is 9.13. The SMILES string of the molecule is CCc1ccc(NC(=O)c2cc(OC)c(OC)c(OC)c2Br)c(Br)c1. The molecular formula is C18H19Br2NO4. The van der Waals surface area contributed by atoms with Gasteiger partial charge in [0.05, 0.1) is 37.1 Å². The molecule has 0 radical (unpaired) electrons. The summed E-state index contributed by atoms with van der Waals surface area (Å²) < 4.78 is 17.3. The quantitative estimate of drug-likeness (QED) is 0.638. The minimum Gasteiger partial charge on any atom is -0.493 e. The van der Waals surface area contributed by atoms with Gasteiger partial charge in [-0.25, -0.2) is 0 Å². The maximum atomic E-state index is 12.8. The molecule has 0 unspecified atom stereocenters. The lowest BCUT2D eigenvalue weighted by Crippen LogP contribution is -2.14. The molecule has 2 aromatic rings. The molecule has 0 aliphatic rings. The summed E-state index contributed by atoms with van der Waals surface area (Å²) in [4.78, 5) is 12.8. The van der Waals surface area contributed by atoms with Crippen molar-refractivity contribution in [2.75, 3.05) is 26.6 Å². The number of anilines is 1. The molecule has 0 fully saturated rings. The Labute approximate surface area is 163 Å². The van der Waals surface area contributed by atoms with Crippen LogP contribution in [0, 0.1) is 0 Å². The van der Waals surface area contributed by atoms with E-state index in [1.165, 1.54) is 26.9 Å². The maximum absolute atomic E-state index is 12.8. The molecule has 0 saturated carbocycles. The van der Waals surface area contributed by atoms with Crippen molar-refractivity contribution in [2.45, 2.75) is 13.3 Å². The molecule has 0 aliphatic heterocycles. The number of carbonyl (C=O) groups excluding carboxylic acids is 1. The van der Waals surface area contributed by atoms with Gasteiger partial charge in [0.25, 0.3) is 5.91 Å². The molecule has 1 amide bonds. The van der Waals surface area contributed by atoms with Crippen LogP contribution in [0.3, 0.4) is 0 Å². The first-order chi connectivity index (χ1) is 12.0. The summed E-state index contributed by atoms with van der Waals surface area (Å²) in [6.45, 7) is 2.08. The van der Waals surface area contributed by atoms with Crippen LogP contribution in [-0.4, -0.2) is 27.2 Å². The van der Waals surface area contributed by atoms with E-state index < -0.39 is 0 Å². The van der Waals surface area contributed by atoms with Crippen molar-refractivity contribution < 1.29 is 19.0 Å². The van der Waals surface area contributed by atoms with E-state index >= 15 is 0 Å². The Bertz CT molecular complexity index is 793. The van der Waals surface area contributed by atoms with E-state index in [1.807, 2.05) is 18.2 Å². The highest BCUT2D eigenvalue weighted by atomic mass is 79.9. The topological polar surface area (TPSA) is 56.8 Å². The van der Waals surface area contributed by atoms with Gasteiger partial charge in [-0.2, -0.15) is 0 Å². The highest BCUT2D eigenvalue weighted by Crippen LogP contribution is 2.45. The van der Waals surface area contributed by atoms with E-state index in [4.69, 9.17) is 14.2 Å². The van der Waals surface area contributed by atoms with E-state index in [-0.39, 0.29) is 5.91 Å². The number of rotatable bonds is 6. The fourth-order valence-electron chi connectivity index (χ4n) is 2.36. The van der Waals surface area contributed by atoms with Gasteiger partial charge >= 0.3 is 0 Å². The Morgan fingerprint density at radius 3 is 2.24 bits per heavy atom. The van der Waals surface area contributed by atoms with Crippen molar-refractivity contribution in [3.63, 3.8) is 0 Å². The Hall–Kier alpha value is -1.73. The molecule has 134 valence electrons. The molecule has 0 bridgehead atoms. The third kappa shape index (κ3) is 4.10. The third-order valence-corrected chi connectivity index (χ3v) is 5.15. The van der Waals surface area contributed by atoms with Gasteiger partial charge in [0.2, 0.25) is 5.75 Å². The molecule has 0 heterocycles. The minimum absolute atomic E-state index is 0.295. The molecule has 7 heteroatoms. The standard InChI is InChI=1S/C18H19Br2NO4/c1-5-10-6-7-13(12(19)8-10)21-18(22)11-9-14(23-2)16(24-3)17(25-4)15(11)20/h6-9H,5H2,1-4H3,(H,21,22). The third-order valence-electron chi connectivity index (χ3n) is 3.70. The first kappa shape index (κ1) is 19.6. The number of methoxy groups -OCH3 is 3. The van der Waals surface area contributed by atoms with Crippen molar-refractivity contribution in [3.05, 3.63) is 44.3 Å². The molecule has 25 heavy (non-hydrogen) atoms. The lowest BCUT2D eigenvalue weighted by Gasteiger charge is -2.17. The maximum Gasteiger partial charge on any atom is 0.257 e. The van der Waals surface area contributed by atoms with Crippen LogP contribution in [0.4, 0.5) is 5.69 Å². The number of aryl methyl sites for hydroxylation is 1. The van der Waals surface area contributed by atoms with Crippen molar-refractivity contribution in [2.24, 2.45) is 0 Å². The molecule has 0 aromatic heterocycles. The van der Waals surface area contributed by atoms with Crippen molar-refractivity contribution in [1.82, 2.24) is 0 Å². The van der Waals surface area contributed by atoms with Gasteiger partial charge in [-0.1, -0.05) is 13.0 Å². The predicted molar refractivity (Wildman–Crippen MR) is 105 cm³/mol. The number of amides is 1. The van der Waals surface area contributed by atoms with Crippen molar-refractivity contribution in [3.8, 4) is 17.2 Å². The summed E-state index contributed by atoms with van der Waals surface area (Å²) in [5, 5.41) is 2.89. The summed E-state index contributed by atoms with van der Waals surface area (Å²) in [7, 11) is 4.52. The second kappa shape index (κ2) is 8.58.